The van der Waals surface area contributed by atoms with E-state index in [1.807, 2.05) is 53.1 Å². The maximum absolute atomic E-state index is 12.2. The number of hydrogen-bond donors (Lipinski definition) is 0. The summed E-state index contributed by atoms with van der Waals surface area (Å²) in [5.74, 6) is 0.492. The molecule has 0 atom stereocenters. The van der Waals surface area contributed by atoms with E-state index in [2.05, 4.69) is 4.98 Å². The van der Waals surface area contributed by atoms with Gasteiger partial charge in [-0.15, -0.1) is 0 Å². The average molecular weight is 465 g/mol. The highest BCUT2D eigenvalue weighted by Gasteiger charge is 2.17. The summed E-state index contributed by atoms with van der Waals surface area (Å²) in [7, 11) is -3.28. The second-order valence-electron chi connectivity index (χ2n) is 7.33. The number of halogens is 1. The number of carbonyl (C=O) groups is 1. The van der Waals surface area contributed by atoms with Gasteiger partial charge in [-0.05, 0) is 47.5 Å². The van der Waals surface area contributed by atoms with Crippen molar-refractivity contribution in [3.63, 3.8) is 0 Å². The number of nitrogens with zero attached hydrogens (tertiary/aromatic N) is 2. The fraction of sp³-hybridized carbons (Fsp3) is 0.120. The van der Waals surface area contributed by atoms with Gasteiger partial charge in [-0.1, -0.05) is 54.9 Å². The lowest BCUT2D eigenvalue weighted by Gasteiger charge is -2.11. The molecule has 4 rings (SSSR count). The minimum absolute atomic E-state index is 0.0549. The van der Waals surface area contributed by atoms with Crippen molar-refractivity contribution in [2.24, 2.45) is 0 Å². The number of ketones is 1. The Kier molecular flexibility index (Phi) is 6.00. The van der Waals surface area contributed by atoms with Crippen molar-refractivity contribution in [2.75, 3.05) is 5.75 Å². The van der Waals surface area contributed by atoms with Crippen molar-refractivity contribution >= 4 is 27.2 Å². The predicted octanol–water partition coefficient (Wildman–Crippen LogP) is 5.86. The Balaban J connectivity index is 1.77. The summed E-state index contributed by atoms with van der Waals surface area (Å²) in [5, 5.41) is 0.542. The van der Waals surface area contributed by atoms with E-state index in [0.717, 1.165) is 22.4 Å². The number of imidazole rings is 1. The van der Waals surface area contributed by atoms with Crippen LogP contribution in [-0.2, 0) is 9.84 Å². The molecule has 0 radical (unpaired) electrons. The van der Waals surface area contributed by atoms with E-state index >= 15 is 0 Å². The quantitative estimate of drug-likeness (QED) is 0.335. The lowest BCUT2D eigenvalue weighted by atomic mass is 10.1. The third-order valence-electron chi connectivity index (χ3n) is 5.23. The maximum Gasteiger partial charge on any atom is 0.179 e. The van der Waals surface area contributed by atoms with E-state index in [1.165, 1.54) is 6.92 Å². The largest absolute Gasteiger partial charge is 0.299 e. The molecule has 0 unspecified atom stereocenters. The normalized spacial score (nSPS) is 11.5. The van der Waals surface area contributed by atoms with Crippen LogP contribution in [-0.4, -0.2) is 29.5 Å². The van der Waals surface area contributed by atoms with Crippen molar-refractivity contribution < 1.29 is 13.2 Å². The van der Waals surface area contributed by atoms with Gasteiger partial charge in [-0.25, -0.2) is 13.4 Å². The van der Waals surface area contributed by atoms with E-state index in [0.29, 0.717) is 21.4 Å². The van der Waals surface area contributed by atoms with E-state index in [-0.39, 0.29) is 11.5 Å². The molecular formula is C25H21ClN2O3S. The Morgan fingerprint density at radius 1 is 0.969 bits per heavy atom. The Morgan fingerprint density at radius 2 is 1.69 bits per heavy atom. The van der Waals surface area contributed by atoms with Crippen LogP contribution < -0.4 is 0 Å². The van der Waals surface area contributed by atoms with Gasteiger partial charge in [-0.2, -0.15) is 0 Å². The van der Waals surface area contributed by atoms with Crippen molar-refractivity contribution in [3.05, 3.63) is 89.7 Å². The lowest BCUT2D eigenvalue weighted by Crippen LogP contribution is -2.03. The highest BCUT2D eigenvalue weighted by atomic mass is 35.5. The standard InChI is InChI=1S/C25H21ClN2O3S/c1-3-32(30,31)21-8-6-7-19(15-21)18-11-13-20(14-12-18)28-16-24(17(2)29)27-25(28)22-9-4-5-10-23(22)26/h4-16H,3H2,1-2H3. The van der Waals surface area contributed by atoms with Crippen LogP contribution in [0.15, 0.2) is 83.9 Å². The van der Waals surface area contributed by atoms with Gasteiger partial charge in [0.25, 0.3) is 0 Å². The van der Waals surface area contributed by atoms with Gasteiger partial charge in [-0.3, -0.25) is 9.36 Å². The van der Waals surface area contributed by atoms with Crippen molar-refractivity contribution in [2.45, 2.75) is 18.7 Å². The number of carbonyl (C=O) groups excluding carboxylic acids is 1. The van der Waals surface area contributed by atoms with Crippen molar-refractivity contribution in [3.8, 4) is 28.2 Å². The monoisotopic (exact) mass is 464 g/mol. The van der Waals surface area contributed by atoms with Gasteiger partial charge in [0.15, 0.2) is 15.6 Å². The first kappa shape index (κ1) is 22.0. The zero-order valence-electron chi connectivity index (χ0n) is 17.6. The van der Waals surface area contributed by atoms with Crippen molar-refractivity contribution in [1.82, 2.24) is 9.55 Å². The molecular weight excluding hydrogens is 444 g/mol. The Morgan fingerprint density at radius 3 is 2.34 bits per heavy atom. The smallest absolute Gasteiger partial charge is 0.179 e. The van der Waals surface area contributed by atoms with Gasteiger partial charge in [0.1, 0.15) is 11.5 Å². The van der Waals surface area contributed by atoms with Crippen LogP contribution in [0.25, 0.3) is 28.2 Å². The Hall–Kier alpha value is -3.22. The topological polar surface area (TPSA) is 69.0 Å². The van der Waals surface area contributed by atoms with Crippen molar-refractivity contribution in [1.29, 1.82) is 0 Å². The van der Waals surface area contributed by atoms with Gasteiger partial charge in [0.2, 0.25) is 0 Å². The number of rotatable bonds is 6. The highest BCUT2D eigenvalue weighted by molar-refractivity contribution is 7.91. The highest BCUT2D eigenvalue weighted by Crippen LogP contribution is 2.30. The minimum Gasteiger partial charge on any atom is -0.299 e. The predicted molar refractivity (Wildman–Crippen MR) is 127 cm³/mol. The number of sulfone groups is 1. The molecule has 0 saturated carbocycles. The summed E-state index contributed by atoms with van der Waals surface area (Å²) in [4.78, 5) is 16.8. The lowest BCUT2D eigenvalue weighted by molar-refractivity contribution is 0.101. The molecule has 32 heavy (non-hydrogen) atoms. The molecule has 0 amide bonds. The van der Waals surface area contributed by atoms with Crippen LogP contribution in [0.5, 0.6) is 0 Å². The molecule has 1 heterocycles. The molecule has 0 aliphatic carbocycles. The minimum atomic E-state index is -3.28. The first-order valence-electron chi connectivity index (χ1n) is 10.1. The van der Waals surface area contributed by atoms with Gasteiger partial charge >= 0.3 is 0 Å². The maximum atomic E-state index is 12.2. The molecule has 0 bridgehead atoms. The van der Waals surface area contributed by atoms with Crippen LogP contribution in [0.4, 0.5) is 0 Å². The van der Waals surface area contributed by atoms with Crippen LogP contribution >= 0.6 is 11.6 Å². The molecule has 162 valence electrons. The molecule has 7 heteroatoms. The summed E-state index contributed by atoms with van der Waals surface area (Å²) < 4.78 is 26.3. The van der Waals surface area contributed by atoms with Crippen LogP contribution in [0.2, 0.25) is 5.02 Å². The molecule has 0 N–H and O–H groups in total. The van der Waals surface area contributed by atoms with Crippen LogP contribution in [0.3, 0.4) is 0 Å². The zero-order chi connectivity index (χ0) is 22.9. The summed E-state index contributed by atoms with van der Waals surface area (Å²) in [6.07, 6.45) is 1.70. The molecule has 0 fully saturated rings. The zero-order valence-corrected chi connectivity index (χ0v) is 19.2. The van der Waals surface area contributed by atoms with E-state index < -0.39 is 9.84 Å². The fourth-order valence-corrected chi connectivity index (χ4v) is 4.58. The average Bonchev–Trinajstić information content (AvgIpc) is 3.25. The second kappa shape index (κ2) is 8.73. The molecule has 3 aromatic carbocycles. The van der Waals surface area contributed by atoms with Crippen LogP contribution in [0.1, 0.15) is 24.3 Å². The molecule has 5 nitrogen and oxygen atoms in total. The third kappa shape index (κ3) is 4.24. The summed E-state index contributed by atoms with van der Waals surface area (Å²) in [6.45, 7) is 3.11. The van der Waals surface area contributed by atoms with Gasteiger partial charge in [0, 0.05) is 24.4 Å². The Labute approximate surface area is 192 Å². The summed E-state index contributed by atoms with van der Waals surface area (Å²) >= 11 is 6.39. The number of aromatic nitrogens is 2. The molecule has 1 aromatic heterocycles. The molecule has 0 saturated heterocycles. The molecule has 4 aromatic rings. The third-order valence-corrected chi connectivity index (χ3v) is 7.30. The van der Waals surface area contributed by atoms with Gasteiger partial charge in [0.05, 0.1) is 15.7 Å². The van der Waals surface area contributed by atoms with Gasteiger partial charge < -0.3 is 0 Å². The second-order valence-corrected chi connectivity index (χ2v) is 10.0. The molecule has 0 aliphatic rings. The van der Waals surface area contributed by atoms with E-state index in [9.17, 15) is 13.2 Å². The van der Waals surface area contributed by atoms with E-state index in [1.54, 1.807) is 37.4 Å². The summed E-state index contributed by atoms with van der Waals surface area (Å²) in [5.41, 5.74) is 3.58. The first-order chi connectivity index (χ1) is 15.3. The number of hydrogen-bond acceptors (Lipinski definition) is 4. The Bertz CT molecular complexity index is 1410. The number of Topliss-reactive ketones (excluding diaryl/α,β-unsaturated/α-hetero) is 1. The van der Waals surface area contributed by atoms with E-state index in [4.69, 9.17) is 11.6 Å². The molecule has 0 spiro atoms. The first-order valence-corrected chi connectivity index (χ1v) is 12.1. The molecule has 0 aliphatic heterocycles. The number of benzene rings is 3. The summed E-state index contributed by atoms with van der Waals surface area (Å²) in [6, 6.07) is 21.9. The fourth-order valence-electron chi connectivity index (χ4n) is 3.43. The SMILES string of the molecule is CCS(=O)(=O)c1cccc(-c2ccc(-n3cc(C(C)=O)nc3-c3ccccc3Cl)cc2)c1. The van der Waals surface area contributed by atoms with Crippen LogP contribution in [0, 0.1) is 0 Å².